The van der Waals surface area contributed by atoms with Gasteiger partial charge in [0.1, 0.15) is 5.75 Å². The number of ether oxygens (including phenoxy) is 1. The van der Waals surface area contributed by atoms with Crippen LogP contribution < -0.4 is 68.6 Å². The summed E-state index contributed by atoms with van der Waals surface area (Å²) in [6.07, 6.45) is 5.32. The second-order valence-electron chi connectivity index (χ2n) is 11.0. The molecule has 5 rings (SSSR count). The molecule has 0 aromatic heterocycles. The van der Waals surface area contributed by atoms with E-state index in [1.54, 1.807) is 77.9 Å². The van der Waals surface area contributed by atoms with Gasteiger partial charge in [0.2, 0.25) is 10.0 Å². The van der Waals surface area contributed by atoms with Crippen LogP contribution in [0.3, 0.4) is 0 Å². The zero-order chi connectivity index (χ0) is 32.1. The molecule has 3 aromatic rings. The molecule has 4 N–H and O–H groups in total. The predicted molar refractivity (Wildman–Crippen MR) is 174 cm³/mol. The second-order valence-corrected chi connectivity index (χ2v) is 13.6. The van der Waals surface area contributed by atoms with E-state index in [2.05, 4.69) is 10.2 Å². The van der Waals surface area contributed by atoms with Crippen LogP contribution in [0, 0.1) is 0 Å². The second kappa shape index (κ2) is 19.2. The van der Waals surface area contributed by atoms with E-state index >= 15 is 0 Å². The molecule has 0 bridgehead atoms. The summed E-state index contributed by atoms with van der Waals surface area (Å²) in [6.45, 7) is -0.292. The number of nitrogens with one attached hydrogen (secondary N) is 1. The van der Waals surface area contributed by atoms with Crippen molar-refractivity contribution in [3.63, 3.8) is 0 Å². The van der Waals surface area contributed by atoms with E-state index in [4.69, 9.17) is 32.8 Å². The van der Waals surface area contributed by atoms with Crippen molar-refractivity contribution in [3.05, 3.63) is 105 Å². The number of hydroxylamine groups is 1. The average Bonchev–Trinajstić information content (AvgIpc) is 3.00. The smallest absolute Gasteiger partial charge is 0.539 e. The summed E-state index contributed by atoms with van der Waals surface area (Å²) < 4.78 is 32.7. The third kappa shape index (κ3) is 10.3. The number of hydrogen-bond donors (Lipinski definition) is 1. The fourth-order valence-corrected chi connectivity index (χ4v) is 7.52. The normalized spacial score (nSPS) is 20.2. The van der Waals surface area contributed by atoms with Gasteiger partial charge >= 0.3 is 59.1 Å². The molecule has 48 heavy (non-hydrogen) atoms. The van der Waals surface area contributed by atoms with Gasteiger partial charge in [0.25, 0.3) is 5.91 Å². The van der Waals surface area contributed by atoms with Crippen molar-refractivity contribution in [2.24, 2.45) is 0 Å². The Morgan fingerprint density at radius 1 is 1.02 bits per heavy atom. The van der Waals surface area contributed by atoms with Gasteiger partial charge in [0, 0.05) is 27.7 Å². The van der Waals surface area contributed by atoms with E-state index < -0.39 is 40.0 Å². The monoisotopic (exact) mass is 736 g/mol. The quantitative estimate of drug-likeness (QED) is 0.111. The van der Waals surface area contributed by atoms with Crippen molar-refractivity contribution in [2.75, 3.05) is 12.9 Å². The number of halogens is 2. The Labute approximate surface area is 334 Å². The topological polar surface area (TPSA) is 166 Å². The molecule has 2 aliphatic rings. The molecule has 0 unspecified atom stereocenters. The van der Waals surface area contributed by atoms with E-state index in [1.807, 2.05) is 0 Å². The maximum atomic E-state index is 14.3. The molecule has 246 valence electrons. The number of fused-ring (bicyclic) bond motifs is 1. The molecular formula is C32H34Cl2N3Na2O8S+. The van der Waals surface area contributed by atoms with Gasteiger partial charge in [-0.3, -0.25) is 4.79 Å². The fourth-order valence-electron chi connectivity index (χ4n) is 6.18. The molecule has 1 fully saturated rings. The van der Waals surface area contributed by atoms with Gasteiger partial charge in [-0.2, -0.15) is 0 Å². The Morgan fingerprint density at radius 3 is 2.46 bits per heavy atom. The summed E-state index contributed by atoms with van der Waals surface area (Å²) in [6, 6.07) is 16.3. The first kappa shape index (κ1) is 42.6. The number of carbonyl (C=O) groups is 2. The van der Waals surface area contributed by atoms with E-state index in [-0.39, 0.29) is 88.7 Å². The first-order valence-electron chi connectivity index (χ1n) is 14.3. The Morgan fingerprint density at radius 2 is 1.75 bits per heavy atom. The van der Waals surface area contributed by atoms with Gasteiger partial charge in [0.15, 0.2) is 0 Å². The zero-order valence-corrected chi connectivity index (χ0v) is 33.2. The third-order valence-corrected chi connectivity index (χ3v) is 9.25. The Hall–Kier alpha value is -1.52. The molecule has 1 aliphatic carbocycles. The minimum Gasteiger partial charge on any atom is -0.539 e. The van der Waals surface area contributed by atoms with E-state index in [1.165, 1.54) is 0 Å². The van der Waals surface area contributed by atoms with Crippen LogP contribution in [-0.2, 0) is 36.5 Å². The molecule has 1 saturated carbocycles. The van der Waals surface area contributed by atoms with Gasteiger partial charge < -0.3 is 35.0 Å². The number of sulfonamides is 1. The summed E-state index contributed by atoms with van der Waals surface area (Å²) in [5.74, 6) is -1.59. The van der Waals surface area contributed by atoms with Crippen LogP contribution in [0.15, 0.2) is 66.7 Å². The van der Waals surface area contributed by atoms with Crippen molar-refractivity contribution < 1.29 is 97.0 Å². The van der Waals surface area contributed by atoms with Gasteiger partial charge in [0.05, 0.1) is 30.7 Å². The van der Waals surface area contributed by atoms with Gasteiger partial charge in [-0.05, 0) is 66.5 Å². The van der Waals surface area contributed by atoms with Crippen molar-refractivity contribution in [2.45, 2.75) is 56.3 Å². The summed E-state index contributed by atoms with van der Waals surface area (Å²) in [4.78, 5) is 46.1. The summed E-state index contributed by atoms with van der Waals surface area (Å²) in [7, 11) is -3.61. The Kier molecular flexibility index (Phi) is 17.0. The van der Waals surface area contributed by atoms with Gasteiger partial charge in [-0.25, -0.2) is 19.4 Å². The van der Waals surface area contributed by atoms with Crippen LogP contribution in [0.25, 0.3) is 5.48 Å². The third-order valence-electron chi connectivity index (χ3n) is 7.96. The van der Waals surface area contributed by atoms with Crippen molar-refractivity contribution >= 4 is 51.3 Å². The SMILES string of the molecule is CS(=O)(=O)N[C@H]1CCCC[C@@H]1N1C(=O)c2ccccc2[C@@H](C(=O)[N-]OCc2cccc(OC[C-]=O)c2)[C@@H]1c1ccc(Cl)cc1Cl.[Na+].[Na+].[OH3+]. The number of nitrogens with zero attached hydrogens (tertiary/aromatic N) is 2. The summed E-state index contributed by atoms with van der Waals surface area (Å²) >= 11 is 13.0. The van der Waals surface area contributed by atoms with E-state index in [0.717, 1.165) is 19.1 Å². The zero-order valence-electron chi connectivity index (χ0n) is 26.9. The molecule has 2 amide bonds. The first-order chi connectivity index (χ1) is 21.6. The van der Waals surface area contributed by atoms with Crippen molar-refractivity contribution in [1.29, 1.82) is 0 Å². The predicted octanol–water partition coefficient (Wildman–Crippen LogP) is -1.26. The van der Waals surface area contributed by atoms with E-state index in [0.29, 0.717) is 45.9 Å². The molecule has 1 aliphatic heterocycles. The van der Waals surface area contributed by atoms with Crippen molar-refractivity contribution in [3.8, 4) is 5.75 Å². The number of benzene rings is 3. The molecule has 0 radical (unpaired) electrons. The van der Waals surface area contributed by atoms with Gasteiger partial charge in [-0.15, -0.1) is 0 Å². The molecule has 11 nitrogen and oxygen atoms in total. The molecule has 1 heterocycles. The standard InChI is InChI=1S/C32H32Cl2N3O7S.2Na.H2O/c1-45(41,42)36-27-11-4-5-12-28(27)37-30(25-14-13-21(33)18-26(25)34)29(23-9-2-3-10-24(23)32(37)40)31(39)35-44-19-20-7-6-8-22(17-20)43-16-15-38;;;/h2-3,6-10,13-14,17-18,27-30,36H,4-5,11-12,16,19H2,1H3,(H,35,39);;;1H2/q-1;2*+1;/t27-,28-,29+,30-;;;/m0.../s1. The van der Waals surface area contributed by atoms with Crippen LogP contribution in [0.1, 0.15) is 64.7 Å². The molecule has 0 spiro atoms. The fraction of sp³-hybridized carbons (Fsp3) is 0.344. The van der Waals surface area contributed by atoms with Crippen LogP contribution in [-0.4, -0.2) is 56.4 Å². The number of amides is 2. The molecule has 4 atom stereocenters. The van der Waals surface area contributed by atoms with E-state index in [9.17, 15) is 22.8 Å². The van der Waals surface area contributed by atoms with Crippen LogP contribution in [0.4, 0.5) is 0 Å². The van der Waals surface area contributed by atoms with Crippen LogP contribution in [0.5, 0.6) is 5.75 Å². The summed E-state index contributed by atoms with van der Waals surface area (Å²) in [5, 5.41) is 0.622. The molecule has 0 saturated heterocycles. The largest absolute Gasteiger partial charge is 1.00 e. The Bertz CT molecular complexity index is 1700. The summed E-state index contributed by atoms with van der Waals surface area (Å²) in [5.41, 5.74) is 5.86. The minimum atomic E-state index is -3.61. The Balaban J connectivity index is 0.00000267. The van der Waals surface area contributed by atoms with Crippen LogP contribution >= 0.6 is 23.2 Å². The molecule has 3 aromatic carbocycles. The maximum absolute atomic E-state index is 14.3. The average molecular weight is 738 g/mol. The molecular weight excluding hydrogens is 703 g/mol. The first-order valence-corrected chi connectivity index (χ1v) is 17.0. The minimum absolute atomic E-state index is 0. The maximum Gasteiger partial charge on any atom is 1.00 e. The van der Waals surface area contributed by atoms with Crippen LogP contribution in [0.2, 0.25) is 10.0 Å². The number of rotatable bonds is 11. The van der Waals surface area contributed by atoms with Crippen molar-refractivity contribution in [1.82, 2.24) is 9.62 Å². The molecule has 16 heteroatoms. The number of carbonyl (C=O) groups excluding carboxylic acids is 3. The van der Waals surface area contributed by atoms with Gasteiger partial charge in [-0.1, -0.05) is 72.4 Å². The number of hydrogen-bond acceptors (Lipinski definition) is 7.